The first-order valence-corrected chi connectivity index (χ1v) is 3.05. The van der Waals surface area contributed by atoms with Crippen LogP contribution in [0, 0.1) is 0 Å². The van der Waals surface area contributed by atoms with E-state index in [4.69, 9.17) is 20.1 Å². The van der Waals surface area contributed by atoms with Gasteiger partial charge in [-0.25, -0.2) is 0 Å². The molecule has 0 radical (unpaired) electrons. The van der Waals surface area contributed by atoms with Crippen molar-refractivity contribution in [1.82, 2.24) is 0 Å². The standard InChI is InChI=1S/C3H8O3.CCl2O/c4-1-3(6)2-5;2-1(3)4/h3-6H,1-2H2;. The Kier molecular flexibility index (Phi) is 11.7. The smallest absolute Gasteiger partial charge is 0.313 e. The molecule has 0 saturated heterocycles. The molecule has 0 unspecified atom stereocenters. The molecule has 0 heterocycles. The Balaban J connectivity index is 0. The van der Waals surface area contributed by atoms with Crippen molar-refractivity contribution in [1.29, 1.82) is 0 Å². The third-order valence-electron chi connectivity index (χ3n) is 0.421. The van der Waals surface area contributed by atoms with Gasteiger partial charge in [0.15, 0.2) is 0 Å². The van der Waals surface area contributed by atoms with Crippen LogP contribution < -0.4 is 0 Å². The zero-order valence-corrected chi connectivity index (χ0v) is 6.51. The average molecular weight is 191 g/mol. The first-order valence-electron chi connectivity index (χ1n) is 2.29. The molecule has 0 bridgehead atoms. The number of aliphatic hydroxyl groups excluding tert-OH is 3. The Morgan fingerprint density at radius 2 is 1.50 bits per heavy atom. The van der Waals surface area contributed by atoms with Crippen LogP contribution >= 0.6 is 23.2 Å². The predicted octanol–water partition coefficient (Wildman–Crippen LogP) is -0.0841. The number of halogens is 2. The fraction of sp³-hybridized carbons (Fsp3) is 0.750. The highest BCUT2D eigenvalue weighted by molar-refractivity contribution is 6.93. The minimum atomic E-state index is -0.954. The normalized spacial score (nSPS) is 8.60. The van der Waals surface area contributed by atoms with Gasteiger partial charge in [0.1, 0.15) is 6.10 Å². The second kappa shape index (κ2) is 9.13. The number of aliphatic hydroxyl groups is 3. The number of hydrogen-bond acceptors (Lipinski definition) is 4. The summed E-state index contributed by atoms with van der Waals surface area (Å²) in [6, 6.07) is 0. The number of carbonyl (C=O) groups is 1. The molecule has 0 aliphatic heterocycles. The summed E-state index contributed by atoms with van der Waals surface area (Å²) in [5, 5.41) is 24.0. The third kappa shape index (κ3) is 24.2. The molecule has 0 amide bonds. The molecular formula is C4H8Cl2O4. The van der Waals surface area contributed by atoms with Crippen LogP contribution in [0.3, 0.4) is 0 Å². The van der Waals surface area contributed by atoms with Crippen molar-refractivity contribution in [3.63, 3.8) is 0 Å². The van der Waals surface area contributed by atoms with Crippen molar-refractivity contribution in [2.75, 3.05) is 13.2 Å². The molecule has 0 aromatic carbocycles. The summed E-state index contributed by atoms with van der Waals surface area (Å²) < 4.78 is -0.889. The van der Waals surface area contributed by atoms with Crippen LogP contribution in [0.15, 0.2) is 0 Å². The van der Waals surface area contributed by atoms with Gasteiger partial charge in [-0.05, 0) is 23.2 Å². The van der Waals surface area contributed by atoms with Crippen LogP contribution in [0.2, 0.25) is 0 Å². The zero-order valence-electron chi connectivity index (χ0n) is 5.00. The van der Waals surface area contributed by atoms with Gasteiger partial charge in [0.2, 0.25) is 0 Å². The van der Waals surface area contributed by atoms with Gasteiger partial charge in [-0.15, -0.1) is 0 Å². The summed E-state index contributed by atoms with van der Waals surface area (Å²) in [7, 11) is 0. The molecule has 0 fully saturated rings. The molecule has 62 valence electrons. The Morgan fingerprint density at radius 1 is 1.30 bits per heavy atom. The molecule has 0 aromatic rings. The van der Waals surface area contributed by atoms with E-state index in [1.165, 1.54) is 0 Å². The zero-order chi connectivity index (χ0) is 8.57. The SMILES string of the molecule is O=C(Cl)Cl.OCC(O)CO. The molecule has 0 rings (SSSR count). The minimum absolute atomic E-state index is 0.365. The van der Waals surface area contributed by atoms with Crippen LogP contribution in [0.1, 0.15) is 0 Å². The highest BCUT2D eigenvalue weighted by atomic mass is 35.5. The summed E-state index contributed by atoms with van der Waals surface area (Å²) >= 11 is 8.80. The third-order valence-corrected chi connectivity index (χ3v) is 0.421. The predicted molar refractivity (Wildman–Crippen MR) is 37.3 cm³/mol. The molecule has 0 aliphatic carbocycles. The second-order valence-electron chi connectivity index (χ2n) is 1.24. The van der Waals surface area contributed by atoms with E-state index in [-0.39, 0.29) is 13.2 Å². The van der Waals surface area contributed by atoms with E-state index in [0.29, 0.717) is 0 Å². The lowest BCUT2D eigenvalue weighted by atomic mass is 10.4. The Hall–Kier alpha value is 0.130. The van der Waals surface area contributed by atoms with E-state index < -0.39 is 10.8 Å². The van der Waals surface area contributed by atoms with Gasteiger partial charge in [-0.3, -0.25) is 4.79 Å². The van der Waals surface area contributed by atoms with Crippen molar-refractivity contribution in [3.05, 3.63) is 0 Å². The van der Waals surface area contributed by atoms with E-state index in [0.717, 1.165) is 0 Å². The Bertz CT molecular complexity index is 79.3. The Labute approximate surface area is 68.0 Å². The maximum atomic E-state index is 8.98. The summed E-state index contributed by atoms with van der Waals surface area (Å²) in [5.41, 5.74) is 0. The molecule has 0 saturated carbocycles. The number of carbonyl (C=O) groups excluding carboxylic acids is 1. The summed E-state index contributed by atoms with van der Waals surface area (Å²) in [5.74, 6) is 0. The lowest BCUT2D eigenvalue weighted by molar-refractivity contribution is 0.0450. The fourth-order valence-corrected chi connectivity index (χ4v) is 0.0577. The van der Waals surface area contributed by atoms with Gasteiger partial charge in [-0.1, -0.05) is 0 Å². The maximum Gasteiger partial charge on any atom is 0.313 e. The highest BCUT2D eigenvalue weighted by Crippen LogP contribution is 1.84. The van der Waals surface area contributed by atoms with Crippen molar-refractivity contribution >= 4 is 27.9 Å². The van der Waals surface area contributed by atoms with Gasteiger partial charge < -0.3 is 15.3 Å². The topological polar surface area (TPSA) is 77.8 Å². The molecule has 0 aromatic heterocycles. The van der Waals surface area contributed by atoms with Crippen LogP contribution in [0.5, 0.6) is 0 Å². The van der Waals surface area contributed by atoms with Crippen molar-refractivity contribution in [2.24, 2.45) is 0 Å². The summed E-state index contributed by atoms with van der Waals surface area (Å²) in [6.45, 7) is -0.729. The molecule has 0 aliphatic rings. The van der Waals surface area contributed by atoms with Gasteiger partial charge in [-0.2, -0.15) is 0 Å². The van der Waals surface area contributed by atoms with E-state index in [1.807, 2.05) is 0 Å². The number of rotatable bonds is 2. The first kappa shape index (κ1) is 12.8. The molecule has 6 heteroatoms. The van der Waals surface area contributed by atoms with E-state index in [1.54, 1.807) is 0 Å². The van der Waals surface area contributed by atoms with E-state index >= 15 is 0 Å². The highest BCUT2D eigenvalue weighted by Gasteiger charge is 1.93. The maximum absolute atomic E-state index is 8.98. The van der Waals surface area contributed by atoms with E-state index in [2.05, 4.69) is 23.2 Å². The van der Waals surface area contributed by atoms with Crippen LogP contribution in [0.25, 0.3) is 0 Å². The van der Waals surface area contributed by atoms with Crippen molar-refractivity contribution in [2.45, 2.75) is 6.10 Å². The first-order chi connectivity index (χ1) is 4.54. The van der Waals surface area contributed by atoms with Gasteiger partial charge >= 0.3 is 4.70 Å². The second-order valence-corrected chi connectivity index (χ2v) is 2.12. The molecular weight excluding hydrogens is 183 g/mol. The summed E-state index contributed by atoms with van der Waals surface area (Å²) in [4.78, 5) is 8.98. The Morgan fingerprint density at radius 3 is 1.50 bits per heavy atom. The molecule has 10 heavy (non-hydrogen) atoms. The minimum Gasteiger partial charge on any atom is -0.394 e. The largest absolute Gasteiger partial charge is 0.394 e. The lowest BCUT2D eigenvalue weighted by Gasteiger charge is -1.96. The van der Waals surface area contributed by atoms with Crippen molar-refractivity contribution in [3.8, 4) is 0 Å². The van der Waals surface area contributed by atoms with Crippen LogP contribution in [0.4, 0.5) is 4.79 Å². The van der Waals surface area contributed by atoms with Crippen LogP contribution in [-0.2, 0) is 0 Å². The quantitative estimate of drug-likeness (QED) is 0.533. The van der Waals surface area contributed by atoms with Gasteiger partial charge in [0.25, 0.3) is 0 Å². The molecule has 0 atom stereocenters. The monoisotopic (exact) mass is 190 g/mol. The molecule has 0 spiro atoms. The fourth-order valence-electron chi connectivity index (χ4n) is 0.0577. The van der Waals surface area contributed by atoms with Gasteiger partial charge in [0, 0.05) is 0 Å². The lowest BCUT2D eigenvalue weighted by Crippen LogP contribution is -2.15. The van der Waals surface area contributed by atoms with E-state index in [9.17, 15) is 0 Å². The average Bonchev–Trinajstić information content (AvgIpc) is 1.85. The van der Waals surface area contributed by atoms with Gasteiger partial charge in [0.05, 0.1) is 13.2 Å². The van der Waals surface area contributed by atoms with Crippen LogP contribution in [-0.4, -0.2) is 39.3 Å². The molecule has 3 N–H and O–H groups in total. The molecule has 4 nitrogen and oxygen atoms in total. The number of hydrogen-bond donors (Lipinski definition) is 3. The van der Waals surface area contributed by atoms with Crippen molar-refractivity contribution < 1.29 is 20.1 Å². The summed E-state index contributed by atoms with van der Waals surface area (Å²) in [6.07, 6.45) is -0.954.